The van der Waals surface area contributed by atoms with Crippen molar-refractivity contribution >= 4 is 21.4 Å². The van der Waals surface area contributed by atoms with Crippen molar-refractivity contribution in [2.45, 2.75) is 11.8 Å². The average Bonchev–Trinajstić information content (AvgIpc) is 2.38. The maximum Gasteiger partial charge on any atom is 0.259 e. The van der Waals surface area contributed by atoms with Gasteiger partial charge in [-0.1, -0.05) is 6.07 Å². The third-order valence-corrected chi connectivity index (χ3v) is 4.07. The molecule has 21 heavy (non-hydrogen) atoms. The molecule has 0 fully saturated rings. The Morgan fingerprint density at radius 1 is 1.10 bits per heavy atom. The van der Waals surface area contributed by atoms with E-state index < -0.39 is 15.7 Å². The molecule has 0 spiro atoms. The molecule has 1 amide bonds. The topological polar surface area (TPSA) is 83.5 Å². The van der Waals surface area contributed by atoms with Gasteiger partial charge >= 0.3 is 0 Å². The molecule has 0 saturated carbocycles. The molecular formula is C15H15NO4S. The molecule has 0 heterocycles. The minimum absolute atomic E-state index is 0.0970. The molecule has 0 unspecified atom stereocenters. The number of rotatable bonds is 3. The fourth-order valence-electron chi connectivity index (χ4n) is 1.82. The van der Waals surface area contributed by atoms with Gasteiger partial charge in [0.15, 0.2) is 9.84 Å². The van der Waals surface area contributed by atoms with Crippen LogP contribution in [0.3, 0.4) is 0 Å². The molecule has 0 bridgehead atoms. The van der Waals surface area contributed by atoms with Crippen molar-refractivity contribution in [3.8, 4) is 5.75 Å². The van der Waals surface area contributed by atoms with Gasteiger partial charge in [-0.3, -0.25) is 4.79 Å². The summed E-state index contributed by atoms with van der Waals surface area (Å²) in [6.07, 6.45) is 1.12. The smallest absolute Gasteiger partial charge is 0.259 e. The molecule has 2 N–H and O–H groups in total. The lowest BCUT2D eigenvalue weighted by atomic mass is 10.1. The number of hydrogen-bond acceptors (Lipinski definition) is 4. The Morgan fingerprint density at radius 2 is 1.71 bits per heavy atom. The summed E-state index contributed by atoms with van der Waals surface area (Å²) in [6.45, 7) is 1.81. The molecule has 0 aliphatic heterocycles. The molecule has 0 aliphatic carbocycles. The summed E-state index contributed by atoms with van der Waals surface area (Å²) < 4.78 is 22.7. The number of amides is 1. The summed E-state index contributed by atoms with van der Waals surface area (Å²) in [7, 11) is -3.26. The van der Waals surface area contributed by atoms with Crippen LogP contribution in [0, 0.1) is 6.92 Å². The van der Waals surface area contributed by atoms with E-state index in [1.165, 1.54) is 36.4 Å². The number of carbonyl (C=O) groups is 1. The first-order chi connectivity index (χ1) is 9.77. The first kappa shape index (κ1) is 15.1. The van der Waals surface area contributed by atoms with Crippen LogP contribution in [-0.2, 0) is 9.84 Å². The third kappa shape index (κ3) is 3.61. The number of phenolic OH excluding ortho intramolecular Hbond substituents is 1. The van der Waals surface area contributed by atoms with Crippen molar-refractivity contribution < 1.29 is 18.3 Å². The molecule has 5 nitrogen and oxygen atoms in total. The van der Waals surface area contributed by atoms with Crippen LogP contribution in [0.2, 0.25) is 0 Å². The number of aryl methyl sites for hydroxylation is 1. The fourth-order valence-corrected chi connectivity index (χ4v) is 2.45. The van der Waals surface area contributed by atoms with E-state index >= 15 is 0 Å². The molecule has 2 aromatic carbocycles. The summed E-state index contributed by atoms with van der Waals surface area (Å²) in [5.74, 6) is -0.556. The minimum atomic E-state index is -3.26. The Kier molecular flexibility index (Phi) is 3.99. The number of hydrogen-bond donors (Lipinski definition) is 2. The highest BCUT2D eigenvalue weighted by atomic mass is 32.2. The van der Waals surface area contributed by atoms with Gasteiger partial charge in [0.2, 0.25) is 0 Å². The highest BCUT2D eigenvalue weighted by molar-refractivity contribution is 7.90. The summed E-state index contributed by atoms with van der Waals surface area (Å²) >= 11 is 0. The molecular weight excluding hydrogens is 290 g/mol. The Morgan fingerprint density at radius 3 is 2.24 bits per heavy atom. The Bertz CT molecular complexity index is 780. The van der Waals surface area contributed by atoms with Crippen LogP contribution in [0.15, 0.2) is 47.4 Å². The predicted octanol–water partition coefficient (Wildman–Crippen LogP) is 2.36. The monoisotopic (exact) mass is 305 g/mol. The second-order valence-corrected chi connectivity index (χ2v) is 6.79. The zero-order chi connectivity index (χ0) is 15.6. The maximum absolute atomic E-state index is 12.0. The van der Waals surface area contributed by atoms with E-state index in [1.807, 2.05) is 6.92 Å². The SMILES string of the molecule is Cc1ccc(C(=O)Nc2ccc(S(C)(=O)=O)cc2)c(O)c1. The normalized spacial score (nSPS) is 11.1. The number of carbonyl (C=O) groups excluding carboxylic acids is 1. The molecule has 0 saturated heterocycles. The lowest BCUT2D eigenvalue weighted by Gasteiger charge is -2.08. The van der Waals surface area contributed by atoms with Crippen LogP contribution in [-0.4, -0.2) is 25.7 Å². The fraction of sp³-hybridized carbons (Fsp3) is 0.133. The van der Waals surface area contributed by atoms with Crippen molar-refractivity contribution in [3.63, 3.8) is 0 Å². The summed E-state index contributed by atoms with van der Waals surface area (Å²) in [4.78, 5) is 12.2. The third-order valence-electron chi connectivity index (χ3n) is 2.94. The van der Waals surface area contributed by atoms with Crippen LogP contribution in [0.5, 0.6) is 5.75 Å². The number of anilines is 1. The first-order valence-electron chi connectivity index (χ1n) is 6.18. The van der Waals surface area contributed by atoms with E-state index in [-0.39, 0.29) is 16.2 Å². The van der Waals surface area contributed by atoms with Gasteiger partial charge in [-0.15, -0.1) is 0 Å². The number of nitrogens with one attached hydrogen (secondary N) is 1. The quantitative estimate of drug-likeness (QED) is 0.912. The highest BCUT2D eigenvalue weighted by Crippen LogP contribution is 2.20. The van der Waals surface area contributed by atoms with E-state index in [2.05, 4.69) is 5.32 Å². The Hall–Kier alpha value is -2.34. The van der Waals surface area contributed by atoms with Gasteiger partial charge in [-0.2, -0.15) is 0 Å². The van der Waals surface area contributed by atoms with Crippen molar-refractivity contribution in [3.05, 3.63) is 53.6 Å². The molecule has 0 atom stereocenters. The lowest BCUT2D eigenvalue weighted by Crippen LogP contribution is -2.12. The summed E-state index contributed by atoms with van der Waals surface area (Å²) in [5, 5.41) is 12.4. The van der Waals surface area contributed by atoms with Crippen molar-refractivity contribution in [2.24, 2.45) is 0 Å². The standard InChI is InChI=1S/C15H15NO4S/c1-10-3-8-13(14(17)9-10)15(18)16-11-4-6-12(7-5-11)21(2,19)20/h3-9,17H,1-2H3,(H,16,18). The van der Waals surface area contributed by atoms with Gasteiger partial charge < -0.3 is 10.4 Å². The van der Waals surface area contributed by atoms with E-state index in [9.17, 15) is 18.3 Å². The molecule has 2 aromatic rings. The Labute approximate surface area is 123 Å². The second-order valence-electron chi connectivity index (χ2n) is 4.77. The second kappa shape index (κ2) is 5.57. The van der Waals surface area contributed by atoms with Crippen LogP contribution in [0.25, 0.3) is 0 Å². The summed E-state index contributed by atoms with van der Waals surface area (Å²) in [6, 6.07) is 10.6. The zero-order valence-electron chi connectivity index (χ0n) is 11.6. The van der Waals surface area contributed by atoms with Crippen LogP contribution in [0.4, 0.5) is 5.69 Å². The molecule has 0 aromatic heterocycles. The zero-order valence-corrected chi connectivity index (χ0v) is 12.4. The van der Waals surface area contributed by atoms with Gasteiger partial charge in [0.1, 0.15) is 5.75 Å². The predicted molar refractivity (Wildman–Crippen MR) is 80.3 cm³/mol. The van der Waals surface area contributed by atoms with E-state index in [1.54, 1.807) is 6.07 Å². The van der Waals surface area contributed by atoms with Crippen molar-refractivity contribution in [1.29, 1.82) is 0 Å². The molecule has 110 valence electrons. The number of benzene rings is 2. The van der Waals surface area contributed by atoms with Crippen LogP contribution < -0.4 is 5.32 Å². The number of aromatic hydroxyl groups is 1. The van der Waals surface area contributed by atoms with Crippen molar-refractivity contribution in [1.82, 2.24) is 0 Å². The van der Waals surface area contributed by atoms with Crippen LogP contribution >= 0.6 is 0 Å². The van der Waals surface area contributed by atoms with Gasteiger partial charge in [-0.25, -0.2) is 8.42 Å². The highest BCUT2D eigenvalue weighted by Gasteiger charge is 2.12. The molecule has 0 radical (unpaired) electrons. The molecule has 6 heteroatoms. The number of sulfone groups is 1. The average molecular weight is 305 g/mol. The lowest BCUT2D eigenvalue weighted by molar-refractivity contribution is 0.102. The minimum Gasteiger partial charge on any atom is -0.507 e. The van der Waals surface area contributed by atoms with E-state index in [0.717, 1.165) is 11.8 Å². The van der Waals surface area contributed by atoms with Gasteiger partial charge in [0.25, 0.3) is 5.91 Å². The van der Waals surface area contributed by atoms with Crippen LogP contribution in [0.1, 0.15) is 15.9 Å². The molecule has 0 aliphatic rings. The Balaban J connectivity index is 2.20. The first-order valence-corrected chi connectivity index (χ1v) is 8.07. The van der Waals surface area contributed by atoms with Gasteiger partial charge in [0.05, 0.1) is 10.5 Å². The maximum atomic E-state index is 12.0. The van der Waals surface area contributed by atoms with Gasteiger partial charge in [-0.05, 0) is 48.9 Å². The molecule has 2 rings (SSSR count). The number of phenols is 1. The van der Waals surface area contributed by atoms with E-state index in [0.29, 0.717) is 5.69 Å². The largest absolute Gasteiger partial charge is 0.507 e. The summed E-state index contributed by atoms with van der Waals surface area (Å²) in [5.41, 5.74) is 1.46. The van der Waals surface area contributed by atoms with Gasteiger partial charge in [0, 0.05) is 11.9 Å². The van der Waals surface area contributed by atoms with Crippen molar-refractivity contribution in [2.75, 3.05) is 11.6 Å². The van der Waals surface area contributed by atoms with E-state index in [4.69, 9.17) is 0 Å².